The summed E-state index contributed by atoms with van der Waals surface area (Å²) in [6.45, 7) is 4.62. The first-order valence-electron chi connectivity index (χ1n) is 17.0. The van der Waals surface area contributed by atoms with Crippen LogP contribution in [0.3, 0.4) is 0 Å². The van der Waals surface area contributed by atoms with Gasteiger partial charge in [-0.25, -0.2) is 14.4 Å². The van der Waals surface area contributed by atoms with E-state index in [9.17, 15) is 4.39 Å². The molecular formula is C38H55FN2O. The van der Waals surface area contributed by atoms with Crippen LogP contribution in [0.15, 0.2) is 60.9 Å². The number of unbranched alkanes of at least 4 members (excludes halogenated alkanes) is 14. The molecule has 0 fully saturated rings. The molecule has 0 bridgehead atoms. The molecule has 0 radical (unpaired) electrons. The predicted octanol–water partition coefficient (Wildman–Crippen LogP) is 11.7. The molecule has 1 unspecified atom stereocenters. The van der Waals surface area contributed by atoms with Gasteiger partial charge in [0.25, 0.3) is 0 Å². The number of aryl methyl sites for hydroxylation is 1. The topological polar surface area (TPSA) is 35.0 Å². The second-order valence-electron chi connectivity index (χ2n) is 11.9. The van der Waals surface area contributed by atoms with Crippen molar-refractivity contribution < 1.29 is 9.13 Å². The number of ether oxygens (including phenoxy) is 1. The van der Waals surface area contributed by atoms with E-state index in [1.807, 2.05) is 36.7 Å². The highest BCUT2D eigenvalue weighted by Crippen LogP contribution is 2.24. The van der Waals surface area contributed by atoms with Gasteiger partial charge in [-0.2, -0.15) is 0 Å². The lowest BCUT2D eigenvalue weighted by Gasteiger charge is -2.11. The summed E-state index contributed by atoms with van der Waals surface area (Å²) in [5.74, 6) is 1.43. The van der Waals surface area contributed by atoms with Crippen LogP contribution in [0.1, 0.15) is 129 Å². The van der Waals surface area contributed by atoms with Crippen LogP contribution in [0.5, 0.6) is 5.75 Å². The quantitative estimate of drug-likeness (QED) is 0.106. The summed E-state index contributed by atoms with van der Waals surface area (Å²) in [5, 5.41) is 0. The van der Waals surface area contributed by atoms with Crippen LogP contribution in [-0.2, 0) is 6.42 Å². The van der Waals surface area contributed by atoms with E-state index in [4.69, 9.17) is 4.74 Å². The van der Waals surface area contributed by atoms with E-state index in [-0.39, 0.29) is 6.61 Å². The minimum absolute atomic E-state index is 0.116. The second-order valence-corrected chi connectivity index (χ2v) is 11.9. The zero-order valence-corrected chi connectivity index (χ0v) is 26.5. The number of rotatable bonds is 23. The molecule has 4 heteroatoms. The van der Waals surface area contributed by atoms with E-state index in [0.29, 0.717) is 12.2 Å². The Morgan fingerprint density at radius 1 is 0.571 bits per heavy atom. The van der Waals surface area contributed by atoms with Crippen molar-refractivity contribution in [3.05, 3.63) is 66.5 Å². The van der Waals surface area contributed by atoms with Crippen molar-refractivity contribution in [1.82, 2.24) is 9.97 Å². The SMILES string of the molecule is CCCCCCCCCCCc1ccc(-c2ncc(-c3ccc(OCC(F)CCCCCCCCC)cc3)cn2)cc1. The Balaban J connectivity index is 1.35. The van der Waals surface area contributed by atoms with Gasteiger partial charge in [0.2, 0.25) is 0 Å². The van der Waals surface area contributed by atoms with Gasteiger partial charge < -0.3 is 4.74 Å². The monoisotopic (exact) mass is 574 g/mol. The van der Waals surface area contributed by atoms with Crippen molar-refractivity contribution in [2.75, 3.05) is 6.61 Å². The molecule has 0 aliphatic heterocycles. The summed E-state index contributed by atoms with van der Waals surface area (Å²) >= 11 is 0. The summed E-state index contributed by atoms with van der Waals surface area (Å²) in [6, 6.07) is 16.5. The smallest absolute Gasteiger partial charge is 0.159 e. The molecular weight excluding hydrogens is 519 g/mol. The molecule has 2 aromatic carbocycles. The maximum atomic E-state index is 14.3. The summed E-state index contributed by atoms with van der Waals surface area (Å²) in [7, 11) is 0. The first kappa shape index (κ1) is 33.7. The maximum Gasteiger partial charge on any atom is 0.159 e. The molecule has 1 aromatic heterocycles. The van der Waals surface area contributed by atoms with Gasteiger partial charge in [0.05, 0.1) is 0 Å². The third-order valence-electron chi connectivity index (χ3n) is 8.17. The summed E-state index contributed by atoms with van der Waals surface area (Å²) in [5.41, 5.74) is 4.40. The average Bonchev–Trinajstić information content (AvgIpc) is 3.03. The van der Waals surface area contributed by atoms with Crippen LogP contribution in [0.4, 0.5) is 4.39 Å². The van der Waals surface area contributed by atoms with Gasteiger partial charge in [0.1, 0.15) is 18.5 Å². The molecule has 1 atom stereocenters. The summed E-state index contributed by atoms with van der Waals surface area (Å²) < 4.78 is 20.0. The predicted molar refractivity (Wildman–Crippen MR) is 177 cm³/mol. The van der Waals surface area contributed by atoms with Gasteiger partial charge in [0.15, 0.2) is 5.82 Å². The summed E-state index contributed by atoms with van der Waals surface area (Å²) in [4.78, 5) is 9.25. The molecule has 3 nitrogen and oxygen atoms in total. The number of hydrogen-bond donors (Lipinski definition) is 0. The minimum atomic E-state index is -0.912. The molecule has 0 saturated heterocycles. The maximum absolute atomic E-state index is 14.3. The number of aromatic nitrogens is 2. The van der Waals surface area contributed by atoms with Gasteiger partial charge in [-0.3, -0.25) is 0 Å². The zero-order valence-electron chi connectivity index (χ0n) is 26.5. The number of alkyl halides is 1. The molecule has 3 aromatic rings. The number of nitrogens with zero attached hydrogens (tertiary/aromatic N) is 2. The fourth-order valence-electron chi connectivity index (χ4n) is 5.42. The number of hydrogen-bond acceptors (Lipinski definition) is 3. The van der Waals surface area contributed by atoms with Crippen LogP contribution >= 0.6 is 0 Å². The Morgan fingerprint density at radius 3 is 1.64 bits per heavy atom. The third kappa shape index (κ3) is 13.5. The van der Waals surface area contributed by atoms with E-state index < -0.39 is 6.17 Å². The van der Waals surface area contributed by atoms with E-state index in [1.54, 1.807) is 0 Å². The van der Waals surface area contributed by atoms with Gasteiger partial charge in [-0.05, 0) is 42.5 Å². The van der Waals surface area contributed by atoms with Crippen LogP contribution in [0, 0.1) is 0 Å². The lowest BCUT2D eigenvalue weighted by molar-refractivity contribution is 0.184. The second kappa shape index (κ2) is 21.0. The molecule has 0 amide bonds. The van der Waals surface area contributed by atoms with Crippen molar-refractivity contribution in [3.63, 3.8) is 0 Å². The number of halogens is 1. The molecule has 0 aliphatic carbocycles. The standard InChI is InChI=1S/C38H55FN2O/c1-3-5-7-9-11-12-14-15-17-19-32-21-23-34(24-22-32)38-40-29-35(30-41-38)33-25-27-37(28-26-33)42-31-36(39)20-18-16-13-10-8-6-4-2/h21-30,36H,3-20,31H2,1-2H3. The first-order valence-corrected chi connectivity index (χ1v) is 17.0. The fraction of sp³-hybridized carbons (Fsp3) is 0.579. The molecule has 230 valence electrons. The largest absolute Gasteiger partial charge is 0.491 e. The Hall–Kier alpha value is -2.75. The van der Waals surface area contributed by atoms with E-state index in [0.717, 1.165) is 41.8 Å². The first-order chi connectivity index (χ1) is 20.7. The van der Waals surface area contributed by atoms with Crippen molar-refractivity contribution in [2.24, 2.45) is 0 Å². The minimum Gasteiger partial charge on any atom is -0.491 e. The zero-order chi connectivity index (χ0) is 29.7. The summed E-state index contributed by atoms with van der Waals surface area (Å²) in [6.07, 6.45) is 25.2. The Morgan fingerprint density at radius 2 is 1.07 bits per heavy atom. The van der Waals surface area contributed by atoms with Crippen LogP contribution in [0.2, 0.25) is 0 Å². The molecule has 0 N–H and O–H groups in total. The number of benzene rings is 2. The Kier molecular flexibility index (Phi) is 16.9. The van der Waals surface area contributed by atoms with Gasteiger partial charge in [-0.15, -0.1) is 0 Å². The normalized spacial score (nSPS) is 12.0. The fourth-order valence-corrected chi connectivity index (χ4v) is 5.42. The van der Waals surface area contributed by atoms with Gasteiger partial charge >= 0.3 is 0 Å². The molecule has 0 saturated carbocycles. The third-order valence-corrected chi connectivity index (χ3v) is 8.17. The Bertz CT molecular complexity index is 1070. The van der Waals surface area contributed by atoms with E-state index >= 15 is 0 Å². The highest BCUT2D eigenvalue weighted by atomic mass is 19.1. The van der Waals surface area contributed by atoms with Gasteiger partial charge in [0, 0.05) is 23.5 Å². The molecule has 0 aliphatic rings. The highest BCUT2D eigenvalue weighted by molar-refractivity contribution is 5.64. The average molecular weight is 575 g/mol. The van der Waals surface area contributed by atoms with Crippen molar-refractivity contribution >= 4 is 0 Å². The van der Waals surface area contributed by atoms with Crippen LogP contribution in [0.25, 0.3) is 22.5 Å². The van der Waals surface area contributed by atoms with Crippen molar-refractivity contribution in [3.8, 4) is 28.3 Å². The van der Waals surface area contributed by atoms with Gasteiger partial charge in [-0.1, -0.05) is 147 Å². The molecule has 3 rings (SSSR count). The molecule has 42 heavy (non-hydrogen) atoms. The lowest BCUT2D eigenvalue weighted by atomic mass is 10.0. The molecule has 0 spiro atoms. The van der Waals surface area contributed by atoms with Crippen LogP contribution < -0.4 is 4.74 Å². The lowest BCUT2D eigenvalue weighted by Crippen LogP contribution is -2.12. The highest BCUT2D eigenvalue weighted by Gasteiger charge is 2.09. The van der Waals surface area contributed by atoms with E-state index in [2.05, 4.69) is 48.1 Å². The van der Waals surface area contributed by atoms with Crippen molar-refractivity contribution in [2.45, 2.75) is 136 Å². The molecule has 1 heterocycles. The van der Waals surface area contributed by atoms with E-state index in [1.165, 1.54) is 95.5 Å². The Labute approximate surface area is 255 Å². The van der Waals surface area contributed by atoms with Crippen molar-refractivity contribution in [1.29, 1.82) is 0 Å². The van der Waals surface area contributed by atoms with Crippen LogP contribution in [-0.4, -0.2) is 22.7 Å².